The van der Waals surface area contributed by atoms with Gasteiger partial charge in [0, 0.05) is 5.92 Å². The second-order valence-corrected chi connectivity index (χ2v) is 8.03. The van der Waals surface area contributed by atoms with Crippen LogP contribution in [0.25, 0.3) is 0 Å². The largest absolute Gasteiger partial charge is 0.416 e. The van der Waals surface area contributed by atoms with Gasteiger partial charge in [-0.2, -0.15) is 13.2 Å². The van der Waals surface area contributed by atoms with E-state index in [0.717, 1.165) is 17.7 Å². The summed E-state index contributed by atoms with van der Waals surface area (Å²) in [7, 11) is -3.44. The monoisotopic (exact) mass is 340 g/mol. The highest BCUT2D eigenvalue weighted by Gasteiger charge is 2.48. The highest BCUT2D eigenvalue weighted by atomic mass is 32.2. The first-order valence-corrected chi connectivity index (χ1v) is 8.72. The van der Waals surface area contributed by atoms with E-state index in [0.29, 0.717) is 12.0 Å². The van der Waals surface area contributed by atoms with Crippen LogP contribution in [0.3, 0.4) is 0 Å². The Hall–Kier alpha value is -1.82. The molecule has 1 saturated carbocycles. The molecule has 2 atom stereocenters. The van der Waals surface area contributed by atoms with E-state index in [1.54, 1.807) is 24.3 Å². The van der Waals surface area contributed by atoms with Crippen LogP contribution in [0.2, 0.25) is 0 Å². The van der Waals surface area contributed by atoms with Crippen LogP contribution in [-0.4, -0.2) is 13.7 Å². The Morgan fingerprint density at radius 1 is 0.957 bits per heavy atom. The number of alkyl halides is 3. The molecular weight excluding hydrogens is 325 g/mol. The summed E-state index contributed by atoms with van der Waals surface area (Å²) in [6.45, 7) is 1.87. The predicted octanol–water partition coefficient (Wildman–Crippen LogP) is 4.34. The van der Waals surface area contributed by atoms with Gasteiger partial charge < -0.3 is 0 Å². The molecule has 0 heterocycles. The van der Waals surface area contributed by atoms with E-state index in [9.17, 15) is 21.6 Å². The molecule has 0 aliphatic heterocycles. The van der Waals surface area contributed by atoms with Gasteiger partial charge >= 0.3 is 6.18 Å². The molecule has 1 fully saturated rings. The number of halogens is 3. The lowest BCUT2D eigenvalue weighted by atomic mass is 10.1. The summed E-state index contributed by atoms with van der Waals surface area (Å²) in [5.41, 5.74) is 0.887. The average molecular weight is 340 g/mol. The van der Waals surface area contributed by atoms with Gasteiger partial charge in [-0.05, 0) is 43.2 Å². The SMILES string of the molecule is Cc1ccc(S(=O)(=O)C2C[C@H]2c2ccc(C(F)(F)F)cc2)cc1. The van der Waals surface area contributed by atoms with Gasteiger partial charge in [-0.15, -0.1) is 0 Å². The van der Waals surface area contributed by atoms with Crippen molar-refractivity contribution in [3.8, 4) is 0 Å². The third kappa shape index (κ3) is 3.13. The van der Waals surface area contributed by atoms with E-state index in [1.807, 2.05) is 6.92 Å². The zero-order chi connectivity index (χ0) is 16.8. The smallest absolute Gasteiger partial charge is 0.223 e. The molecule has 2 nitrogen and oxygen atoms in total. The molecule has 122 valence electrons. The molecule has 0 aromatic heterocycles. The molecule has 0 saturated heterocycles. The standard InChI is InChI=1S/C17H15F3O2S/c1-11-2-8-14(9-3-11)23(21,22)16-10-15(16)12-4-6-13(7-5-12)17(18,19)20/h2-9,15-16H,10H2,1H3/t15-,16?/m0/s1. The van der Waals surface area contributed by atoms with E-state index in [2.05, 4.69) is 0 Å². The topological polar surface area (TPSA) is 34.1 Å². The minimum atomic E-state index is -4.38. The summed E-state index contributed by atoms with van der Waals surface area (Å²) >= 11 is 0. The van der Waals surface area contributed by atoms with Crippen molar-refractivity contribution in [3.63, 3.8) is 0 Å². The first-order chi connectivity index (χ1) is 10.7. The molecule has 1 aliphatic carbocycles. The minimum Gasteiger partial charge on any atom is -0.223 e. The molecule has 3 rings (SSSR count). The molecule has 0 spiro atoms. The maximum atomic E-state index is 12.6. The van der Waals surface area contributed by atoms with Crippen molar-refractivity contribution in [1.82, 2.24) is 0 Å². The van der Waals surface area contributed by atoms with Gasteiger partial charge in [0.25, 0.3) is 0 Å². The summed E-state index contributed by atoms with van der Waals surface area (Å²) in [5, 5.41) is -0.554. The van der Waals surface area contributed by atoms with Gasteiger partial charge in [-0.1, -0.05) is 29.8 Å². The third-order valence-corrected chi connectivity index (χ3v) is 6.39. The first-order valence-electron chi connectivity index (χ1n) is 7.17. The summed E-state index contributed by atoms with van der Waals surface area (Å²) in [6.07, 6.45) is -3.93. The van der Waals surface area contributed by atoms with Crippen molar-refractivity contribution in [2.75, 3.05) is 0 Å². The van der Waals surface area contributed by atoms with Crippen molar-refractivity contribution >= 4 is 9.84 Å². The van der Waals surface area contributed by atoms with Crippen molar-refractivity contribution in [2.45, 2.75) is 35.6 Å². The summed E-state index contributed by atoms with van der Waals surface area (Å²) in [4.78, 5) is 0.266. The van der Waals surface area contributed by atoms with Crippen molar-refractivity contribution in [3.05, 3.63) is 65.2 Å². The highest BCUT2D eigenvalue weighted by Crippen LogP contribution is 2.48. The second-order valence-electron chi connectivity index (χ2n) is 5.86. The first kappa shape index (κ1) is 16.1. The Morgan fingerprint density at radius 3 is 2.04 bits per heavy atom. The molecule has 1 unspecified atom stereocenters. The van der Waals surface area contributed by atoms with Gasteiger partial charge in [0.05, 0.1) is 15.7 Å². The fourth-order valence-corrected chi connectivity index (χ4v) is 4.60. The molecule has 23 heavy (non-hydrogen) atoms. The molecule has 2 aromatic carbocycles. The highest BCUT2D eigenvalue weighted by molar-refractivity contribution is 7.92. The van der Waals surface area contributed by atoms with Crippen molar-refractivity contribution in [1.29, 1.82) is 0 Å². The number of benzene rings is 2. The van der Waals surface area contributed by atoms with E-state index in [4.69, 9.17) is 0 Å². The Labute approximate surface area is 132 Å². The van der Waals surface area contributed by atoms with E-state index in [1.165, 1.54) is 12.1 Å². The Balaban J connectivity index is 1.80. The normalized spacial score (nSPS) is 21.2. The Bertz CT molecular complexity index is 806. The lowest BCUT2D eigenvalue weighted by Gasteiger charge is -2.08. The predicted molar refractivity (Wildman–Crippen MR) is 81.0 cm³/mol. The number of sulfone groups is 1. The second kappa shape index (κ2) is 5.37. The molecule has 0 amide bonds. The molecule has 6 heteroatoms. The third-order valence-electron chi connectivity index (χ3n) is 4.15. The van der Waals surface area contributed by atoms with Gasteiger partial charge in [-0.3, -0.25) is 0 Å². The lowest BCUT2D eigenvalue weighted by Crippen LogP contribution is -2.09. The summed E-state index contributed by atoms with van der Waals surface area (Å²) < 4.78 is 62.8. The molecule has 0 bridgehead atoms. The zero-order valence-electron chi connectivity index (χ0n) is 12.3. The number of rotatable bonds is 3. The molecule has 1 aliphatic rings. The van der Waals surface area contributed by atoms with Crippen LogP contribution in [0.4, 0.5) is 13.2 Å². The van der Waals surface area contributed by atoms with Crippen LogP contribution >= 0.6 is 0 Å². The lowest BCUT2D eigenvalue weighted by molar-refractivity contribution is -0.137. The van der Waals surface area contributed by atoms with E-state index < -0.39 is 26.8 Å². The van der Waals surface area contributed by atoms with Gasteiger partial charge in [0.15, 0.2) is 9.84 Å². The Morgan fingerprint density at radius 2 is 1.52 bits per heavy atom. The molecule has 0 N–H and O–H groups in total. The van der Waals surface area contributed by atoms with E-state index in [-0.39, 0.29) is 10.8 Å². The number of hydrogen-bond donors (Lipinski definition) is 0. The van der Waals surface area contributed by atoms with Crippen LogP contribution in [0, 0.1) is 6.92 Å². The fourth-order valence-electron chi connectivity index (χ4n) is 2.69. The fraction of sp³-hybridized carbons (Fsp3) is 0.294. The molecule has 0 radical (unpaired) electrons. The van der Waals surface area contributed by atoms with Gasteiger partial charge in [-0.25, -0.2) is 8.42 Å². The van der Waals surface area contributed by atoms with Crippen LogP contribution in [0.5, 0.6) is 0 Å². The van der Waals surface area contributed by atoms with E-state index >= 15 is 0 Å². The van der Waals surface area contributed by atoms with Crippen LogP contribution < -0.4 is 0 Å². The average Bonchev–Trinajstić information content (AvgIpc) is 3.28. The van der Waals surface area contributed by atoms with Crippen LogP contribution in [0.15, 0.2) is 53.4 Å². The summed E-state index contributed by atoms with van der Waals surface area (Å²) in [6, 6.07) is 11.4. The van der Waals surface area contributed by atoms with Gasteiger partial charge in [0.2, 0.25) is 0 Å². The maximum absolute atomic E-state index is 12.6. The molecule has 2 aromatic rings. The van der Waals surface area contributed by atoms with Gasteiger partial charge in [0.1, 0.15) is 0 Å². The quantitative estimate of drug-likeness (QED) is 0.833. The van der Waals surface area contributed by atoms with Crippen molar-refractivity contribution < 1.29 is 21.6 Å². The Kier molecular flexibility index (Phi) is 3.75. The number of aryl methyl sites for hydroxylation is 1. The molecular formula is C17H15F3O2S. The minimum absolute atomic E-state index is 0.233. The van der Waals surface area contributed by atoms with Crippen LogP contribution in [0.1, 0.15) is 29.0 Å². The maximum Gasteiger partial charge on any atom is 0.416 e. The number of hydrogen-bond acceptors (Lipinski definition) is 2. The van der Waals surface area contributed by atoms with Crippen LogP contribution in [-0.2, 0) is 16.0 Å². The van der Waals surface area contributed by atoms with Crippen molar-refractivity contribution in [2.24, 2.45) is 0 Å². The summed E-state index contributed by atoms with van der Waals surface area (Å²) in [5.74, 6) is -0.233. The zero-order valence-corrected chi connectivity index (χ0v) is 13.2.